The third-order valence-corrected chi connectivity index (χ3v) is 5.38. The normalized spacial score (nSPS) is 22.3. The van der Waals surface area contributed by atoms with E-state index in [0.29, 0.717) is 45.1 Å². The molecule has 0 aromatic heterocycles. The average Bonchev–Trinajstić information content (AvgIpc) is 3.31. The van der Waals surface area contributed by atoms with Gasteiger partial charge in [-0.15, -0.1) is 0 Å². The summed E-state index contributed by atoms with van der Waals surface area (Å²) < 4.78 is 10.8. The standard InChI is InChI=1S/C22H38N2O5/c1-16(2)9-8-14-28-20(26)18-11-7-12-23(18)19(25)17-10-6-13-24(17)21(27)29-15-22(3,4)5/h16-18H,6-15H2,1-5H3. The molecule has 0 bridgehead atoms. The summed E-state index contributed by atoms with van der Waals surface area (Å²) in [6.07, 6.45) is 4.17. The van der Waals surface area contributed by atoms with Crippen LogP contribution in [0.5, 0.6) is 0 Å². The Hall–Kier alpha value is -1.79. The fourth-order valence-corrected chi connectivity index (χ4v) is 3.83. The Kier molecular flexibility index (Phi) is 8.34. The van der Waals surface area contributed by atoms with Crippen molar-refractivity contribution in [2.24, 2.45) is 11.3 Å². The van der Waals surface area contributed by atoms with Crippen molar-refractivity contribution in [3.05, 3.63) is 0 Å². The topological polar surface area (TPSA) is 76.2 Å². The first kappa shape index (κ1) is 23.5. The molecule has 29 heavy (non-hydrogen) atoms. The quantitative estimate of drug-likeness (QED) is 0.473. The molecule has 2 amide bonds. The number of hydrogen-bond acceptors (Lipinski definition) is 5. The number of nitrogens with zero attached hydrogens (tertiary/aromatic N) is 2. The first-order valence-corrected chi connectivity index (χ1v) is 11.0. The number of esters is 1. The number of ether oxygens (including phenoxy) is 2. The summed E-state index contributed by atoms with van der Waals surface area (Å²) in [4.78, 5) is 41.3. The summed E-state index contributed by atoms with van der Waals surface area (Å²) in [7, 11) is 0. The van der Waals surface area contributed by atoms with Crippen molar-refractivity contribution in [1.29, 1.82) is 0 Å². The summed E-state index contributed by atoms with van der Waals surface area (Å²) in [5.41, 5.74) is -0.131. The molecule has 0 N–H and O–H groups in total. The molecular weight excluding hydrogens is 372 g/mol. The van der Waals surface area contributed by atoms with Crippen LogP contribution in [-0.2, 0) is 19.1 Å². The Balaban J connectivity index is 1.92. The van der Waals surface area contributed by atoms with E-state index in [1.807, 2.05) is 20.8 Å². The van der Waals surface area contributed by atoms with Crippen LogP contribution >= 0.6 is 0 Å². The van der Waals surface area contributed by atoms with Gasteiger partial charge in [-0.2, -0.15) is 0 Å². The van der Waals surface area contributed by atoms with Crippen LogP contribution in [-0.4, -0.2) is 66.2 Å². The minimum Gasteiger partial charge on any atom is -0.464 e. The summed E-state index contributed by atoms with van der Waals surface area (Å²) in [5.74, 6) is 0.0981. The molecule has 7 heteroatoms. The van der Waals surface area contributed by atoms with Gasteiger partial charge in [0.1, 0.15) is 12.1 Å². The number of likely N-dealkylation sites (tertiary alicyclic amines) is 2. The van der Waals surface area contributed by atoms with Crippen molar-refractivity contribution >= 4 is 18.0 Å². The predicted octanol–water partition coefficient (Wildman–Crippen LogP) is 3.60. The molecule has 2 atom stereocenters. The summed E-state index contributed by atoms with van der Waals surface area (Å²) in [5, 5.41) is 0. The van der Waals surface area contributed by atoms with E-state index in [4.69, 9.17) is 9.47 Å². The molecule has 0 aliphatic carbocycles. The molecule has 0 saturated carbocycles. The van der Waals surface area contributed by atoms with E-state index in [1.54, 1.807) is 4.90 Å². The zero-order chi connectivity index (χ0) is 21.6. The molecule has 2 heterocycles. The van der Waals surface area contributed by atoms with E-state index >= 15 is 0 Å². The molecule has 0 spiro atoms. The Morgan fingerprint density at radius 2 is 1.59 bits per heavy atom. The van der Waals surface area contributed by atoms with Gasteiger partial charge in [-0.05, 0) is 49.9 Å². The highest BCUT2D eigenvalue weighted by Crippen LogP contribution is 2.26. The second-order valence-electron chi connectivity index (χ2n) is 9.86. The minimum atomic E-state index is -0.545. The van der Waals surface area contributed by atoms with Gasteiger partial charge in [-0.1, -0.05) is 34.6 Å². The van der Waals surface area contributed by atoms with Gasteiger partial charge in [-0.3, -0.25) is 9.69 Å². The van der Waals surface area contributed by atoms with Crippen molar-refractivity contribution in [3.8, 4) is 0 Å². The monoisotopic (exact) mass is 410 g/mol. The van der Waals surface area contributed by atoms with Gasteiger partial charge >= 0.3 is 12.1 Å². The highest BCUT2D eigenvalue weighted by molar-refractivity contribution is 5.90. The van der Waals surface area contributed by atoms with Crippen molar-refractivity contribution < 1.29 is 23.9 Å². The third kappa shape index (κ3) is 6.89. The molecule has 2 rings (SSSR count). The fourth-order valence-electron chi connectivity index (χ4n) is 3.83. The lowest BCUT2D eigenvalue weighted by atomic mass is 9.99. The number of hydrogen-bond donors (Lipinski definition) is 0. The molecule has 0 radical (unpaired) electrons. The first-order chi connectivity index (χ1) is 13.6. The van der Waals surface area contributed by atoms with Crippen molar-refractivity contribution in [2.45, 2.75) is 85.2 Å². The second kappa shape index (κ2) is 10.3. The summed E-state index contributed by atoms with van der Waals surface area (Å²) in [6, 6.07) is -1.08. The maximum absolute atomic E-state index is 13.2. The molecule has 2 fully saturated rings. The first-order valence-electron chi connectivity index (χ1n) is 11.0. The smallest absolute Gasteiger partial charge is 0.410 e. The van der Waals surface area contributed by atoms with E-state index in [0.717, 1.165) is 25.7 Å². The molecule has 166 valence electrons. The zero-order valence-corrected chi connectivity index (χ0v) is 18.7. The van der Waals surface area contributed by atoms with Gasteiger partial charge in [0.2, 0.25) is 5.91 Å². The van der Waals surface area contributed by atoms with Gasteiger partial charge in [0.05, 0.1) is 13.2 Å². The molecule has 2 aliphatic heterocycles. The van der Waals surface area contributed by atoms with Gasteiger partial charge in [0.25, 0.3) is 0 Å². The predicted molar refractivity (Wildman–Crippen MR) is 110 cm³/mol. The molecule has 0 aromatic rings. The Labute approximate surface area is 175 Å². The van der Waals surface area contributed by atoms with Gasteiger partial charge in [0, 0.05) is 13.1 Å². The average molecular weight is 411 g/mol. The van der Waals surface area contributed by atoms with E-state index in [2.05, 4.69) is 13.8 Å². The Morgan fingerprint density at radius 1 is 0.966 bits per heavy atom. The van der Waals surface area contributed by atoms with Crippen molar-refractivity contribution in [3.63, 3.8) is 0 Å². The summed E-state index contributed by atoms with van der Waals surface area (Å²) >= 11 is 0. The van der Waals surface area contributed by atoms with Crippen LogP contribution in [0.25, 0.3) is 0 Å². The lowest BCUT2D eigenvalue weighted by Crippen LogP contribution is -2.51. The highest BCUT2D eigenvalue weighted by atomic mass is 16.6. The van der Waals surface area contributed by atoms with Crippen molar-refractivity contribution in [1.82, 2.24) is 9.80 Å². The number of amides is 2. The molecule has 7 nitrogen and oxygen atoms in total. The van der Waals surface area contributed by atoms with Crippen molar-refractivity contribution in [2.75, 3.05) is 26.3 Å². The van der Waals surface area contributed by atoms with Crippen LogP contribution in [0, 0.1) is 11.3 Å². The minimum absolute atomic E-state index is 0.131. The van der Waals surface area contributed by atoms with E-state index < -0.39 is 18.2 Å². The van der Waals surface area contributed by atoms with E-state index in [1.165, 1.54) is 4.90 Å². The number of carbonyl (C=O) groups excluding carboxylic acids is 3. The van der Waals surface area contributed by atoms with Crippen LogP contribution in [0.1, 0.15) is 73.1 Å². The van der Waals surface area contributed by atoms with Crippen LogP contribution in [0.2, 0.25) is 0 Å². The lowest BCUT2D eigenvalue weighted by Gasteiger charge is -2.30. The molecule has 0 aromatic carbocycles. The third-order valence-electron chi connectivity index (χ3n) is 5.38. The molecule has 2 saturated heterocycles. The number of carbonyl (C=O) groups is 3. The zero-order valence-electron chi connectivity index (χ0n) is 18.7. The maximum Gasteiger partial charge on any atom is 0.410 e. The Bertz CT molecular complexity index is 584. The highest BCUT2D eigenvalue weighted by Gasteiger charge is 2.43. The largest absolute Gasteiger partial charge is 0.464 e. The summed E-state index contributed by atoms with van der Waals surface area (Å²) in [6.45, 7) is 12.0. The van der Waals surface area contributed by atoms with E-state index in [9.17, 15) is 14.4 Å². The van der Waals surface area contributed by atoms with Gasteiger partial charge < -0.3 is 14.4 Å². The fraction of sp³-hybridized carbons (Fsp3) is 0.864. The number of rotatable bonds is 7. The van der Waals surface area contributed by atoms with Crippen LogP contribution in [0.3, 0.4) is 0 Å². The Morgan fingerprint density at radius 3 is 2.21 bits per heavy atom. The molecular formula is C22H38N2O5. The van der Waals surface area contributed by atoms with E-state index in [-0.39, 0.29) is 17.3 Å². The second-order valence-corrected chi connectivity index (χ2v) is 9.86. The maximum atomic E-state index is 13.2. The van der Waals surface area contributed by atoms with Crippen LogP contribution in [0.15, 0.2) is 0 Å². The van der Waals surface area contributed by atoms with Crippen LogP contribution < -0.4 is 0 Å². The van der Waals surface area contributed by atoms with Crippen LogP contribution in [0.4, 0.5) is 4.79 Å². The SMILES string of the molecule is CC(C)CCCOC(=O)C1CCCN1C(=O)C1CCCN1C(=O)OCC(C)(C)C. The molecule has 2 aliphatic rings. The lowest BCUT2D eigenvalue weighted by molar-refractivity contribution is -0.154. The van der Waals surface area contributed by atoms with Gasteiger partial charge in [0.15, 0.2) is 0 Å². The molecule has 2 unspecified atom stereocenters. The van der Waals surface area contributed by atoms with Gasteiger partial charge in [-0.25, -0.2) is 9.59 Å².